The summed E-state index contributed by atoms with van der Waals surface area (Å²) < 4.78 is 25.7. The number of carbonyl (C=O) groups excluding carboxylic acids is 1. The van der Waals surface area contributed by atoms with Crippen LogP contribution in [0.2, 0.25) is 0 Å². The fourth-order valence-corrected chi connectivity index (χ4v) is 2.35. The number of hydrogen-bond acceptors (Lipinski definition) is 3. The second-order valence-electron chi connectivity index (χ2n) is 3.73. The first-order valence-electron chi connectivity index (χ1n) is 5.20. The number of nitrogens with zero attached hydrogens (tertiary/aromatic N) is 1. The molecule has 6 heteroatoms. The van der Waals surface area contributed by atoms with Gasteiger partial charge < -0.3 is 4.90 Å². The summed E-state index contributed by atoms with van der Waals surface area (Å²) in [5.74, 6) is -0.155. The van der Waals surface area contributed by atoms with Crippen molar-refractivity contribution >= 4 is 15.9 Å². The van der Waals surface area contributed by atoms with Crippen molar-refractivity contribution in [2.45, 2.75) is 11.8 Å². The van der Waals surface area contributed by atoms with E-state index >= 15 is 0 Å². The van der Waals surface area contributed by atoms with Crippen molar-refractivity contribution in [3.63, 3.8) is 0 Å². The molecule has 0 bridgehead atoms. The topological polar surface area (TPSA) is 66.5 Å². The van der Waals surface area contributed by atoms with Gasteiger partial charge >= 0.3 is 0 Å². The van der Waals surface area contributed by atoms with Crippen molar-refractivity contribution < 1.29 is 13.2 Å². The minimum atomic E-state index is -3.45. The van der Waals surface area contributed by atoms with Crippen LogP contribution >= 0.6 is 0 Å². The van der Waals surface area contributed by atoms with E-state index in [-0.39, 0.29) is 10.8 Å². The van der Waals surface area contributed by atoms with Crippen molar-refractivity contribution in [3.8, 4) is 0 Å². The summed E-state index contributed by atoms with van der Waals surface area (Å²) in [7, 11) is -0.159. The summed E-state index contributed by atoms with van der Waals surface area (Å²) >= 11 is 0. The van der Waals surface area contributed by atoms with Crippen LogP contribution in [0, 0.1) is 0 Å². The summed E-state index contributed by atoms with van der Waals surface area (Å²) in [6.45, 7) is 2.04. The molecule has 0 saturated carbocycles. The lowest BCUT2D eigenvalue weighted by Gasteiger charge is -2.10. The Balaban J connectivity index is 3.00. The van der Waals surface area contributed by atoms with E-state index in [4.69, 9.17) is 0 Å². The average Bonchev–Trinajstić information content (AvgIpc) is 2.28. The molecular formula is C11H16N2O3S. The highest BCUT2D eigenvalue weighted by Gasteiger charge is 2.14. The second kappa shape index (κ2) is 5.29. The first kappa shape index (κ1) is 13.7. The number of sulfonamides is 1. The molecule has 1 amide bonds. The Labute approximate surface area is 101 Å². The van der Waals surface area contributed by atoms with Crippen LogP contribution in [0.25, 0.3) is 0 Å². The average molecular weight is 256 g/mol. The maximum Gasteiger partial charge on any atom is 0.253 e. The van der Waals surface area contributed by atoms with Crippen LogP contribution in [0.3, 0.4) is 0 Å². The van der Waals surface area contributed by atoms with Gasteiger partial charge in [-0.15, -0.1) is 0 Å². The van der Waals surface area contributed by atoms with Crippen molar-refractivity contribution in [2.24, 2.45) is 0 Å². The third-order valence-electron chi connectivity index (χ3n) is 2.15. The summed E-state index contributed by atoms with van der Waals surface area (Å²) in [5.41, 5.74) is 0.463. The van der Waals surface area contributed by atoms with E-state index in [0.29, 0.717) is 12.1 Å². The summed E-state index contributed by atoms with van der Waals surface area (Å²) in [6, 6.07) is 5.86. The Morgan fingerprint density at radius 3 is 2.18 bits per heavy atom. The van der Waals surface area contributed by atoms with Crippen LogP contribution in [0.1, 0.15) is 17.3 Å². The minimum absolute atomic E-state index is 0.155. The van der Waals surface area contributed by atoms with Gasteiger partial charge in [0.1, 0.15) is 0 Å². The van der Waals surface area contributed by atoms with Crippen molar-refractivity contribution in [1.29, 1.82) is 0 Å². The van der Waals surface area contributed by atoms with Crippen LogP contribution < -0.4 is 4.72 Å². The van der Waals surface area contributed by atoms with E-state index < -0.39 is 10.0 Å². The SMILES string of the molecule is CCNS(=O)(=O)c1ccc(C(=O)N(C)C)cc1. The summed E-state index contributed by atoms with van der Waals surface area (Å²) in [6.07, 6.45) is 0. The Morgan fingerprint density at radius 1 is 1.24 bits per heavy atom. The first-order valence-corrected chi connectivity index (χ1v) is 6.68. The van der Waals surface area contributed by atoms with Gasteiger partial charge in [0.15, 0.2) is 0 Å². The summed E-state index contributed by atoms with van der Waals surface area (Å²) in [5, 5.41) is 0. The molecule has 0 fully saturated rings. The minimum Gasteiger partial charge on any atom is -0.345 e. The van der Waals surface area contributed by atoms with Gasteiger partial charge in [-0.3, -0.25) is 4.79 Å². The molecule has 0 radical (unpaired) electrons. The number of hydrogen-bond donors (Lipinski definition) is 1. The fraction of sp³-hybridized carbons (Fsp3) is 0.364. The highest BCUT2D eigenvalue weighted by Crippen LogP contribution is 2.11. The Kier molecular flexibility index (Phi) is 4.25. The zero-order valence-corrected chi connectivity index (χ0v) is 10.9. The van der Waals surface area contributed by atoms with Gasteiger partial charge in [0.2, 0.25) is 10.0 Å². The van der Waals surface area contributed by atoms with E-state index in [1.54, 1.807) is 21.0 Å². The number of amides is 1. The van der Waals surface area contributed by atoms with Crippen LogP contribution in [-0.2, 0) is 10.0 Å². The van der Waals surface area contributed by atoms with E-state index in [1.165, 1.54) is 29.2 Å². The lowest BCUT2D eigenvalue weighted by Crippen LogP contribution is -2.24. The highest BCUT2D eigenvalue weighted by atomic mass is 32.2. The van der Waals surface area contributed by atoms with Gasteiger partial charge in [-0.2, -0.15) is 0 Å². The number of rotatable bonds is 4. The summed E-state index contributed by atoms with van der Waals surface area (Å²) in [4.78, 5) is 13.2. The van der Waals surface area contributed by atoms with Crippen LogP contribution in [0.5, 0.6) is 0 Å². The molecule has 0 unspecified atom stereocenters. The Morgan fingerprint density at radius 2 is 1.76 bits per heavy atom. The lowest BCUT2D eigenvalue weighted by molar-refractivity contribution is 0.0827. The van der Waals surface area contributed by atoms with Gasteiger partial charge in [0.05, 0.1) is 4.90 Å². The lowest BCUT2D eigenvalue weighted by atomic mass is 10.2. The molecular weight excluding hydrogens is 240 g/mol. The molecule has 0 aliphatic rings. The van der Waals surface area contributed by atoms with Gasteiger partial charge in [0.25, 0.3) is 5.91 Å². The fourth-order valence-electron chi connectivity index (χ4n) is 1.31. The predicted molar refractivity (Wildman–Crippen MR) is 65.3 cm³/mol. The number of benzene rings is 1. The third kappa shape index (κ3) is 3.28. The number of carbonyl (C=O) groups is 1. The standard InChI is InChI=1S/C11H16N2O3S/c1-4-12-17(15,16)10-7-5-9(6-8-10)11(14)13(2)3/h5-8,12H,4H2,1-3H3. The molecule has 0 atom stereocenters. The molecule has 0 aliphatic carbocycles. The third-order valence-corrected chi connectivity index (χ3v) is 3.71. The first-order chi connectivity index (χ1) is 7.88. The van der Waals surface area contributed by atoms with Crippen molar-refractivity contribution in [1.82, 2.24) is 9.62 Å². The van der Waals surface area contributed by atoms with E-state index in [0.717, 1.165) is 0 Å². The zero-order valence-electron chi connectivity index (χ0n) is 10.1. The molecule has 94 valence electrons. The smallest absolute Gasteiger partial charge is 0.253 e. The monoisotopic (exact) mass is 256 g/mol. The van der Waals surface area contributed by atoms with Crippen LogP contribution in [-0.4, -0.2) is 39.9 Å². The second-order valence-corrected chi connectivity index (χ2v) is 5.49. The maximum absolute atomic E-state index is 11.6. The molecule has 0 saturated heterocycles. The Bertz CT molecular complexity index is 492. The molecule has 0 heterocycles. The maximum atomic E-state index is 11.6. The molecule has 0 spiro atoms. The molecule has 1 N–H and O–H groups in total. The van der Waals surface area contributed by atoms with Gasteiger partial charge in [-0.1, -0.05) is 6.92 Å². The molecule has 17 heavy (non-hydrogen) atoms. The van der Waals surface area contributed by atoms with E-state index in [2.05, 4.69) is 4.72 Å². The van der Waals surface area contributed by atoms with Crippen molar-refractivity contribution in [2.75, 3.05) is 20.6 Å². The van der Waals surface area contributed by atoms with Crippen LogP contribution in [0.15, 0.2) is 29.2 Å². The molecule has 5 nitrogen and oxygen atoms in total. The van der Waals surface area contributed by atoms with E-state index in [1.807, 2.05) is 0 Å². The molecule has 0 aliphatic heterocycles. The molecule has 1 aromatic rings. The van der Waals surface area contributed by atoms with Gasteiger partial charge in [-0.05, 0) is 24.3 Å². The zero-order chi connectivity index (χ0) is 13.1. The molecule has 1 rings (SSSR count). The quantitative estimate of drug-likeness (QED) is 0.861. The Hall–Kier alpha value is -1.40. The number of nitrogens with one attached hydrogen (secondary N) is 1. The predicted octanol–water partition coefficient (Wildman–Crippen LogP) is 0.687. The highest BCUT2D eigenvalue weighted by molar-refractivity contribution is 7.89. The van der Waals surface area contributed by atoms with Gasteiger partial charge in [0, 0.05) is 26.2 Å². The van der Waals surface area contributed by atoms with Gasteiger partial charge in [-0.25, -0.2) is 13.1 Å². The largest absolute Gasteiger partial charge is 0.345 e. The van der Waals surface area contributed by atoms with Crippen LogP contribution in [0.4, 0.5) is 0 Å². The molecule has 0 aromatic heterocycles. The normalized spacial score (nSPS) is 11.2. The molecule has 1 aromatic carbocycles. The van der Waals surface area contributed by atoms with Crippen molar-refractivity contribution in [3.05, 3.63) is 29.8 Å². The van der Waals surface area contributed by atoms with E-state index in [9.17, 15) is 13.2 Å².